The van der Waals surface area contributed by atoms with E-state index >= 15 is 0 Å². The van der Waals surface area contributed by atoms with Crippen LogP contribution in [0.3, 0.4) is 0 Å². The van der Waals surface area contributed by atoms with Crippen molar-refractivity contribution >= 4 is 0 Å². The molecule has 0 aromatic carbocycles. The Hall–Kier alpha value is -0.0400. The molecule has 1 saturated heterocycles. The standard InChI is InChI=1S/C14H27N/c1-10-7-8-13(9-11(10)2)14-6-4-5-12(3)15-14/h10-15H,4-9H2,1-3H3. The molecule has 1 nitrogen and oxygen atoms in total. The number of hydrogen-bond acceptors (Lipinski definition) is 1. The Balaban J connectivity index is 1.87. The maximum Gasteiger partial charge on any atom is 0.00979 e. The topological polar surface area (TPSA) is 12.0 Å². The van der Waals surface area contributed by atoms with Crippen LogP contribution in [0.15, 0.2) is 0 Å². The SMILES string of the molecule is CC1CCCC(C2CCC(C)C(C)C2)N1. The monoisotopic (exact) mass is 209 g/mol. The van der Waals surface area contributed by atoms with Crippen LogP contribution >= 0.6 is 0 Å². The van der Waals surface area contributed by atoms with E-state index in [0.717, 1.165) is 29.8 Å². The molecule has 5 unspecified atom stereocenters. The van der Waals surface area contributed by atoms with Crippen LogP contribution in [0.1, 0.15) is 59.3 Å². The lowest BCUT2D eigenvalue weighted by molar-refractivity contribution is 0.146. The van der Waals surface area contributed by atoms with Crippen molar-refractivity contribution in [2.75, 3.05) is 0 Å². The molecular weight excluding hydrogens is 182 g/mol. The maximum atomic E-state index is 3.82. The highest BCUT2D eigenvalue weighted by molar-refractivity contribution is 4.87. The van der Waals surface area contributed by atoms with E-state index in [4.69, 9.17) is 0 Å². The molecule has 88 valence electrons. The van der Waals surface area contributed by atoms with Crippen molar-refractivity contribution in [3.8, 4) is 0 Å². The van der Waals surface area contributed by atoms with Crippen LogP contribution in [-0.2, 0) is 0 Å². The van der Waals surface area contributed by atoms with Gasteiger partial charge in [-0.3, -0.25) is 0 Å². The molecule has 2 rings (SSSR count). The zero-order chi connectivity index (χ0) is 10.8. The molecule has 5 atom stereocenters. The lowest BCUT2D eigenvalue weighted by Gasteiger charge is -2.40. The van der Waals surface area contributed by atoms with Gasteiger partial charge < -0.3 is 5.32 Å². The van der Waals surface area contributed by atoms with Crippen LogP contribution in [-0.4, -0.2) is 12.1 Å². The Morgan fingerprint density at radius 2 is 1.67 bits per heavy atom. The van der Waals surface area contributed by atoms with Crippen molar-refractivity contribution in [1.82, 2.24) is 5.32 Å². The van der Waals surface area contributed by atoms with E-state index in [1.165, 1.54) is 38.5 Å². The minimum absolute atomic E-state index is 0.762. The Morgan fingerprint density at radius 3 is 2.33 bits per heavy atom. The van der Waals surface area contributed by atoms with E-state index in [2.05, 4.69) is 26.1 Å². The minimum atomic E-state index is 0.762. The first-order chi connectivity index (χ1) is 7.16. The number of rotatable bonds is 1. The molecular formula is C14H27N. The number of piperidine rings is 1. The predicted molar refractivity (Wildman–Crippen MR) is 65.9 cm³/mol. The third-order valence-corrected chi connectivity index (χ3v) is 4.86. The molecule has 0 aromatic heterocycles. The van der Waals surface area contributed by atoms with E-state index in [0.29, 0.717) is 0 Å². The summed E-state index contributed by atoms with van der Waals surface area (Å²) in [6.07, 6.45) is 8.64. The van der Waals surface area contributed by atoms with Crippen LogP contribution in [0.5, 0.6) is 0 Å². The van der Waals surface area contributed by atoms with Gasteiger partial charge in [0, 0.05) is 12.1 Å². The quantitative estimate of drug-likeness (QED) is 0.696. The zero-order valence-electron chi connectivity index (χ0n) is 10.6. The minimum Gasteiger partial charge on any atom is -0.311 e. The second-order valence-corrected chi connectivity index (χ2v) is 6.13. The summed E-state index contributed by atoms with van der Waals surface area (Å²) in [4.78, 5) is 0. The first-order valence-electron chi connectivity index (χ1n) is 6.93. The summed E-state index contributed by atoms with van der Waals surface area (Å²) < 4.78 is 0. The summed E-state index contributed by atoms with van der Waals surface area (Å²) >= 11 is 0. The van der Waals surface area contributed by atoms with Crippen molar-refractivity contribution < 1.29 is 0 Å². The molecule has 1 aliphatic heterocycles. The average Bonchev–Trinajstić information content (AvgIpc) is 2.22. The molecule has 15 heavy (non-hydrogen) atoms. The summed E-state index contributed by atoms with van der Waals surface area (Å²) in [7, 11) is 0. The summed E-state index contributed by atoms with van der Waals surface area (Å²) in [5.74, 6) is 2.88. The van der Waals surface area contributed by atoms with Gasteiger partial charge in [-0.05, 0) is 50.4 Å². The maximum absolute atomic E-state index is 3.82. The smallest absolute Gasteiger partial charge is 0.00979 e. The molecule has 1 aliphatic carbocycles. The molecule has 1 heteroatoms. The molecule has 1 heterocycles. The van der Waals surface area contributed by atoms with E-state index in [-0.39, 0.29) is 0 Å². The molecule has 0 bridgehead atoms. The van der Waals surface area contributed by atoms with E-state index in [9.17, 15) is 0 Å². The van der Waals surface area contributed by atoms with Gasteiger partial charge in [-0.1, -0.05) is 26.7 Å². The van der Waals surface area contributed by atoms with Crippen molar-refractivity contribution in [1.29, 1.82) is 0 Å². The molecule has 0 amide bonds. The Labute approximate surface area is 95.0 Å². The van der Waals surface area contributed by atoms with E-state index in [1.54, 1.807) is 0 Å². The van der Waals surface area contributed by atoms with Gasteiger partial charge in [0.05, 0.1) is 0 Å². The fourth-order valence-corrected chi connectivity index (χ4v) is 3.50. The molecule has 2 aliphatic rings. The number of nitrogens with one attached hydrogen (secondary N) is 1. The summed E-state index contributed by atoms with van der Waals surface area (Å²) in [6, 6.07) is 1.60. The second kappa shape index (κ2) is 4.86. The van der Waals surface area contributed by atoms with E-state index < -0.39 is 0 Å². The normalized spacial score (nSPS) is 47.8. The second-order valence-electron chi connectivity index (χ2n) is 6.13. The number of hydrogen-bond donors (Lipinski definition) is 1. The lowest BCUT2D eigenvalue weighted by atomic mass is 9.71. The summed E-state index contributed by atoms with van der Waals surface area (Å²) in [5, 5.41) is 3.82. The third-order valence-electron chi connectivity index (χ3n) is 4.86. The van der Waals surface area contributed by atoms with Crippen LogP contribution in [0, 0.1) is 17.8 Å². The van der Waals surface area contributed by atoms with Crippen LogP contribution in [0.25, 0.3) is 0 Å². The van der Waals surface area contributed by atoms with Gasteiger partial charge in [-0.2, -0.15) is 0 Å². The van der Waals surface area contributed by atoms with Gasteiger partial charge in [0.25, 0.3) is 0 Å². The van der Waals surface area contributed by atoms with Crippen molar-refractivity contribution in [2.24, 2.45) is 17.8 Å². The molecule has 1 saturated carbocycles. The molecule has 1 N–H and O–H groups in total. The molecule has 0 radical (unpaired) electrons. The Bertz CT molecular complexity index is 202. The highest BCUT2D eigenvalue weighted by Crippen LogP contribution is 2.37. The molecule has 0 spiro atoms. The van der Waals surface area contributed by atoms with Crippen molar-refractivity contribution in [2.45, 2.75) is 71.4 Å². The predicted octanol–water partition coefficient (Wildman–Crippen LogP) is 3.59. The van der Waals surface area contributed by atoms with Crippen molar-refractivity contribution in [3.05, 3.63) is 0 Å². The Kier molecular flexibility index (Phi) is 3.71. The zero-order valence-corrected chi connectivity index (χ0v) is 10.6. The van der Waals surface area contributed by atoms with Gasteiger partial charge in [0.1, 0.15) is 0 Å². The van der Waals surface area contributed by atoms with Crippen LogP contribution in [0.2, 0.25) is 0 Å². The highest BCUT2D eigenvalue weighted by atomic mass is 15.0. The summed E-state index contributed by atoms with van der Waals surface area (Å²) in [6.45, 7) is 7.22. The van der Waals surface area contributed by atoms with E-state index in [1.807, 2.05) is 0 Å². The van der Waals surface area contributed by atoms with Gasteiger partial charge in [0.2, 0.25) is 0 Å². The molecule has 2 fully saturated rings. The third kappa shape index (κ3) is 2.75. The fourth-order valence-electron chi connectivity index (χ4n) is 3.50. The first-order valence-corrected chi connectivity index (χ1v) is 6.93. The van der Waals surface area contributed by atoms with Gasteiger partial charge in [-0.25, -0.2) is 0 Å². The fraction of sp³-hybridized carbons (Fsp3) is 1.00. The van der Waals surface area contributed by atoms with Gasteiger partial charge in [0.15, 0.2) is 0 Å². The molecule has 0 aromatic rings. The van der Waals surface area contributed by atoms with Crippen LogP contribution < -0.4 is 5.32 Å². The first kappa shape index (κ1) is 11.4. The Morgan fingerprint density at radius 1 is 0.867 bits per heavy atom. The largest absolute Gasteiger partial charge is 0.311 e. The van der Waals surface area contributed by atoms with Crippen molar-refractivity contribution in [3.63, 3.8) is 0 Å². The van der Waals surface area contributed by atoms with Crippen LogP contribution in [0.4, 0.5) is 0 Å². The summed E-state index contributed by atoms with van der Waals surface area (Å²) in [5.41, 5.74) is 0. The van der Waals surface area contributed by atoms with Gasteiger partial charge in [-0.15, -0.1) is 0 Å². The van der Waals surface area contributed by atoms with Gasteiger partial charge >= 0.3 is 0 Å². The average molecular weight is 209 g/mol. The lowest BCUT2D eigenvalue weighted by Crippen LogP contribution is -2.46. The highest BCUT2D eigenvalue weighted by Gasteiger charge is 2.31.